The van der Waals surface area contributed by atoms with Gasteiger partial charge in [-0.25, -0.2) is 4.79 Å². The quantitative estimate of drug-likeness (QED) is 0.530. The Kier molecular flexibility index (Phi) is 1.08. The highest BCUT2D eigenvalue weighted by Crippen LogP contribution is 2.47. The Labute approximate surface area is 69.9 Å². The zero-order valence-electron chi connectivity index (χ0n) is 6.56. The number of alkyl carbamates (subject to hydrolysis) is 1. The molecule has 3 aliphatic rings. The first kappa shape index (κ1) is 6.71. The second-order valence-electron chi connectivity index (χ2n) is 4.00. The number of aliphatic hydroxyl groups is 1. The maximum atomic E-state index is 10.9. The van der Waals surface area contributed by atoms with Crippen LogP contribution >= 0.6 is 0 Å². The molecule has 0 aromatic heterocycles. The minimum atomic E-state index is -0.361. The van der Waals surface area contributed by atoms with Gasteiger partial charge in [-0.2, -0.15) is 0 Å². The monoisotopic (exact) mass is 169 g/mol. The van der Waals surface area contributed by atoms with E-state index in [1.807, 2.05) is 0 Å². The van der Waals surface area contributed by atoms with Crippen LogP contribution in [0.3, 0.4) is 0 Å². The summed E-state index contributed by atoms with van der Waals surface area (Å²) in [5, 5.41) is 12.4. The number of hydrogen-bond acceptors (Lipinski definition) is 3. The normalized spacial score (nSPS) is 55.1. The number of carbonyl (C=O) groups is 1. The predicted octanol–water partition coefficient (Wildman–Crippen LogP) is -0.136. The summed E-state index contributed by atoms with van der Waals surface area (Å²) in [5.74, 6) is 0.716. The average molecular weight is 169 g/mol. The van der Waals surface area contributed by atoms with Crippen molar-refractivity contribution in [2.24, 2.45) is 11.8 Å². The molecule has 3 rings (SSSR count). The Morgan fingerprint density at radius 3 is 3.08 bits per heavy atom. The van der Waals surface area contributed by atoms with Crippen LogP contribution in [0.4, 0.5) is 4.79 Å². The number of amides is 1. The van der Waals surface area contributed by atoms with E-state index < -0.39 is 0 Å². The standard InChI is InChI=1S/C8H11NO3/c10-7-3-1-4-5(2-3)12-8(11)9-6(4)7/h3-7,10H,1-2H2,(H,9,11). The maximum absolute atomic E-state index is 10.9. The van der Waals surface area contributed by atoms with Crippen molar-refractivity contribution in [3.63, 3.8) is 0 Å². The van der Waals surface area contributed by atoms with Gasteiger partial charge in [0.05, 0.1) is 12.1 Å². The number of carbonyl (C=O) groups excluding carboxylic acids is 1. The van der Waals surface area contributed by atoms with Crippen molar-refractivity contribution in [2.45, 2.75) is 31.1 Å². The summed E-state index contributed by atoms with van der Waals surface area (Å²) in [5.41, 5.74) is 0. The Morgan fingerprint density at radius 2 is 2.33 bits per heavy atom. The van der Waals surface area contributed by atoms with E-state index in [1.165, 1.54) is 0 Å². The van der Waals surface area contributed by atoms with E-state index in [4.69, 9.17) is 4.74 Å². The molecule has 1 aliphatic heterocycles. The maximum Gasteiger partial charge on any atom is 0.407 e. The van der Waals surface area contributed by atoms with Crippen LogP contribution in [0.2, 0.25) is 0 Å². The second-order valence-corrected chi connectivity index (χ2v) is 4.00. The third-order valence-corrected chi connectivity index (χ3v) is 3.44. The minimum Gasteiger partial charge on any atom is -0.446 e. The zero-order chi connectivity index (χ0) is 8.29. The molecule has 2 N–H and O–H groups in total. The van der Waals surface area contributed by atoms with Crippen molar-refractivity contribution in [2.75, 3.05) is 0 Å². The molecular formula is C8H11NO3. The van der Waals surface area contributed by atoms with E-state index in [1.54, 1.807) is 0 Å². The fourth-order valence-electron chi connectivity index (χ4n) is 2.91. The van der Waals surface area contributed by atoms with Crippen molar-refractivity contribution in [1.29, 1.82) is 0 Å². The summed E-state index contributed by atoms with van der Waals surface area (Å²) < 4.78 is 5.10. The Balaban J connectivity index is 1.94. The van der Waals surface area contributed by atoms with Crippen LogP contribution in [-0.2, 0) is 4.74 Å². The van der Waals surface area contributed by atoms with Gasteiger partial charge in [0.1, 0.15) is 6.10 Å². The minimum absolute atomic E-state index is 0.0324. The smallest absolute Gasteiger partial charge is 0.407 e. The fourth-order valence-corrected chi connectivity index (χ4v) is 2.91. The van der Waals surface area contributed by atoms with Gasteiger partial charge in [0.25, 0.3) is 0 Å². The Hall–Kier alpha value is -0.770. The molecule has 0 aromatic carbocycles. The first-order chi connectivity index (χ1) is 5.75. The third-order valence-electron chi connectivity index (χ3n) is 3.44. The van der Waals surface area contributed by atoms with Gasteiger partial charge < -0.3 is 15.2 Å². The van der Waals surface area contributed by atoms with Gasteiger partial charge in [-0.1, -0.05) is 0 Å². The lowest BCUT2D eigenvalue weighted by Crippen LogP contribution is -2.56. The highest BCUT2D eigenvalue weighted by Gasteiger charge is 2.56. The van der Waals surface area contributed by atoms with Crippen molar-refractivity contribution in [3.8, 4) is 0 Å². The molecule has 1 heterocycles. The van der Waals surface area contributed by atoms with Gasteiger partial charge in [0, 0.05) is 5.92 Å². The molecule has 0 spiro atoms. The zero-order valence-corrected chi connectivity index (χ0v) is 6.56. The first-order valence-corrected chi connectivity index (χ1v) is 4.41. The topological polar surface area (TPSA) is 58.6 Å². The van der Waals surface area contributed by atoms with E-state index in [-0.39, 0.29) is 24.3 Å². The van der Waals surface area contributed by atoms with E-state index in [0.717, 1.165) is 12.8 Å². The summed E-state index contributed by atoms with van der Waals surface area (Å²) in [4.78, 5) is 10.9. The molecule has 1 saturated heterocycles. The van der Waals surface area contributed by atoms with Crippen LogP contribution in [0.1, 0.15) is 12.8 Å². The van der Waals surface area contributed by atoms with Crippen molar-refractivity contribution >= 4 is 6.09 Å². The fraction of sp³-hybridized carbons (Fsp3) is 0.875. The molecular weight excluding hydrogens is 158 g/mol. The van der Waals surface area contributed by atoms with Gasteiger partial charge in [0.15, 0.2) is 0 Å². The summed E-state index contributed by atoms with van der Waals surface area (Å²) in [6.45, 7) is 0. The average Bonchev–Trinajstić information content (AvgIpc) is 2.53. The van der Waals surface area contributed by atoms with Crippen LogP contribution < -0.4 is 5.32 Å². The lowest BCUT2D eigenvalue weighted by Gasteiger charge is -2.37. The third kappa shape index (κ3) is 0.641. The highest BCUT2D eigenvalue weighted by atomic mass is 16.6. The molecule has 5 unspecified atom stereocenters. The van der Waals surface area contributed by atoms with Crippen LogP contribution in [-0.4, -0.2) is 29.4 Å². The second kappa shape index (κ2) is 1.93. The van der Waals surface area contributed by atoms with Gasteiger partial charge in [-0.15, -0.1) is 0 Å². The molecule has 5 atom stereocenters. The predicted molar refractivity (Wildman–Crippen MR) is 39.4 cm³/mol. The van der Waals surface area contributed by atoms with Crippen molar-refractivity contribution < 1.29 is 14.6 Å². The van der Waals surface area contributed by atoms with E-state index >= 15 is 0 Å². The molecule has 66 valence electrons. The lowest BCUT2D eigenvalue weighted by molar-refractivity contribution is -0.0261. The Bertz CT molecular complexity index is 242. The number of ether oxygens (including phenoxy) is 1. The SMILES string of the molecule is O=C1NC2C(O)C3CC(O1)C2C3. The molecule has 0 aromatic rings. The molecule has 4 heteroatoms. The number of hydrogen-bond donors (Lipinski definition) is 2. The number of nitrogens with one attached hydrogen (secondary N) is 1. The van der Waals surface area contributed by atoms with Crippen LogP contribution in [0.15, 0.2) is 0 Å². The molecule has 2 aliphatic carbocycles. The van der Waals surface area contributed by atoms with Gasteiger partial charge in [0.2, 0.25) is 0 Å². The van der Waals surface area contributed by atoms with Gasteiger partial charge in [-0.3, -0.25) is 0 Å². The van der Waals surface area contributed by atoms with E-state index in [2.05, 4.69) is 5.32 Å². The molecule has 0 radical (unpaired) electrons. The molecule has 2 bridgehead atoms. The molecule has 12 heavy (non-hydrogen) atoms. The van der Waals surface area contributed by atoms with E-state index in [0.29, 0.717) is 11.8 Å². The summed E-state index contributed by atoms with van der Waals surface area (Å²) in [7, 11) is 0. The summed E-state index contributed by atoms with van der Waals surface area (Å²) in [6.07, 6.45) is 1.25. The van der Waals surface area contributed by atoms with Crippen molar-refractivity contribution in [3.05, 3.63) is 0 Å². The largest absolute Gasteiger partial charge is 0.446 e. The van der Waals surface area contributed by atoms with Crippen molar-refractivity contribution in [1.82, 2.24) is 5.32 Å². The first-order valence-electron chi connectivity index (χ1n) is 4.41. The van der Waals surface area contributed by atoms with Gasteiger partial charge in [-0.05, 0) is 18.8 Å². The van der Waals surface area contributed by atoms with E-state index in [9.17, 15) is 9.90 Å². The van der Waals surface area contributed by atoms with Crippen LogP contribution in [0, 0.1) is 11.8 Å². The number of rotatable bonds is 0. The highest BCUT2D eigenvalue weighted by molar-refractivity contribution is 5.69. The summed E-state index contributed by atoms with van der Waals surface area (Å²) in [6, 6.07) is -0.0324. The Morgan fingerprint density at radius 1 is 1.50 bits per heavy atom. The molecule has 2 saturated carbocycles. The molecule has 3 fully saturated rings. The number of aliphatic hydroxyl groups excluding tert-OH is 1. The van der Waals surface area contributed by atoms with Gasteiger partial charge >= 0.3 is 6.09 Å². The van der Waals surface area contributed by atoms with Crippen LogP contribution in [0.5, 0.6) is 0 Å². The molecule has 1 amide bonds. The van der Waals surface area contributed by atoms with Crippen LogP contribution in [0.25, 0.3) is 0 Å². The number of fused-ring (bicyclic) bond motifs is 1. The summed E-state index contributed by atoms with van der Waals surface area (Å²) >= 11 is 0. The molecule has 4 nitrogen and oxygen atoms in total. The lowest BCUT2D eigenvalue weighted by atomic mass is 9.89.